The van der Waals surface area contributed by atoms with Gasteiger partial charge >= 0.3 is 6.36 Å². The van der Waals surface area contributed by atoms with Crippen molar-refractivity contribution in [3.05, 3.63) is 53.5 Å². The molecular weight excluding hydrogens is 423 g/mol. The predicted octanol–water partition coefficient (Wildman–Crippen LogP) is 5.05. The number of anilines is 3. The summed E-state index contributed by atoms with van der Waals surface area (Å²) in [6.45, 7) is 0. The predicted molar refractivity (Wildman–Crippen MR) is 106 cm³/mol. The summed E-state index contributed by atoms with van der Waals surface area (Å²) in [5.74, 6) is 0.211. The summed E-state index contributed by atoms with van der Waals surface area (Å²) in [4.78, 5) is 16.7. The molecule has 0 aliphatic heterocycles. The number of hydrogen-bond acceptors (Lipinski definition) is 7. The Labute approximate surface area is 173 Å². The molecule has 1 heterocycles. The second-order valence-electron chi connectivity index (χ2n) is 5.76. The molecule has 11 heteroatoms. The lowest BCUT2D eigenvalue weighted by Crippen LogP contribution is -2.16. The van der Waals surface area contributed by atoms with Gasteiger partial charge in [-0.25, -0.2) is 4.98 Å². The molecule has 3 aromatic rings. The van der Waals surface area contributed by atoms with Crippen LogP contribution in [0.4, 0.5) is 29.7 Å². The van der Waals surface area contributed by atoms with E-state index in [0.717, 1.165) is 11.3 Å². The number of methoxy groups -OCH3 is 2. The Hall–Kier alpha value is -3.47. The number of carbonyl (C=O) groups is 1. The maximum absolute atomic E-state index is 12.5. The van der Waals surface area contributed by atoms with E-state index in [-0.39, 0.29) is 11.4 Å². The number of amides is 1. The van der Waals surface area contributed by atoms with Gasteiger partial charge in [-0.1, -0.05) is 0 Å². The molecule has 2 N–H and O–H groups in total. The highest BCUT2D eigenvalue weighted by atomic mass is 32.1. The van der Waals surface area contributed by atoms with Crippen molar-refractivity contribution in [1.82, 2.24) is 4.98 Å². The van der Waals surface area contributed by atoms with Gasteiger partial charge in [0, 0.05) is 17.1 Å². The molecule has 0 aliphatic carbocycles. The number of benzene rings is 2. The number of halogens is 3. The van der Waals surface area contributed by atoms with E-state index in [0.29, 0.717) is 28.0 Å². The number of hydrogen-bond donors (Lipinski definition) is 2. The summed E-state index contributed by atoms with van der Waals surface area (Å²) in [6.07, 6.45) is -4.75. The van der Waals surface area contributed by atoms with Crippen LogP contribution in [-0.2, 0) is 0 Å². The van der Waals surface area contributed by atoms with Crippen molar-refractivity contribution in [2.45, 2.75) is 6.36 Å². The molecule has 1 amide bonds. The lowest BCUT2D eigenvalue weighted by Gasteiger charge is -2.11. The number of ether oxygens (including phenoxy) is 3. The quantitative estimate of drug-likeness (QED) is 0.536. The van der Waals surface area contributed by atoms with E-state index >= 15 is 0 Å². The van der Waals surface area contributed by atoms with Gasteiger partial charge in [-0.05, 0) is 36.4 Å². The van der Waals surface area contributed by atoms with Crippen molar-refractivity contribution < 1.29 is 32.2 Å². The van der Waals surface area contributed by atoms with Gasteiger partial charge in [-0.3, -0.25) is 4.79 Å². The molecule has 30 heavy (non-hydrogen) atoms. The van der Waals surface area contributed by atoms with Gasteiger partial charge in [-0.15, -0.1) is 24.5 Å². The third-order valence-corrected chi connectivity index (χ3v) is 4.49. The zero-order valence-corrected chi connectivity index (χ0v) is 16.6. The van der Waals surface area contributed by atoms with Crippen LogP contribution in [0.2, 0.25) is 0 Å². The SMILES string of the molecule is COc1ccc(OC)c(NC(=O)c2csc(Nc3ccc(OC(F)(F)F)cc3)n2)c1. The Morgan fingerprint density at radius 1 is 1.03 bits per heavy atom. The van der Waals surface area contributed by atoms with E-state index in [4.69, 9.17) is 9.47 Å². The van der Waals surface area contributed by atoms with Crippen LogP contribution in [0.15, 0.2) is 47.8 Å². The van der Waals surface area contributed by atoms with E-state index in [1.54, 1.807) is 23.6 Å². The first kappa shape index (κ1) is 21.2. The molecule has 0 radical (unpaired) electrons. The number of nitrogens with zero attached hydrogens (tertiary/aromatic N) is 1. The second kappa shape index (κ2) is 8.91. The van der Waals surface area contributed by atoms with Gasteiger partial charge in [-0.2, -0.15) is 0 Å². The highest BCUT2D eigenvalue weighted by Gasteiger charge is 2.30. The van der Waals surface area contributed by atoms with Crippen LogP contribution in [0, 0.1) is 0 Å². The summed E-state index contributed by atoms with van der Waals surface area (Å²) in [5.41, 5.74) is 1.06. The molecule has 0 aliphatic rings. The molecule has 0 bridgehead atoms. The normalized spacial score (nSPS) is 11.0. The third kappa shape index (κ3) is 5.54. The van der Waals surface area contributed by atoms with E-state index in [1.807, 2.05) is 0 Å². The van der Waals surface area contributed by atoms with Crippen molar-refractivity contribution in [3.63, 3.8) is 0 Å². The minimum atomic E-state index is -4.75. The zero-order valence-electron chi connectivity index (χ0n) is 15.7. The largest absolute Gasteiger partial charge is 0.573 e. The van der Waals surface area contributed by atoms with E-state index in [2.05, 4.69) is 20.4 Å². The molecule has 0 fully saturated rings. The fraction of sp³-hybridized carbons (Fsp3) is 0.158. The van der Waals surface area contributed by atoms with Crippen LogP contribution in [0.3, 0.4) is 0 Å². The average Bonchev–Trinajstić information content (AvgIpc) is 3.17. The van der Waals surface area contributed by atoms with Crippen LogP contribution in [0.5, 0.6) is 17.2 Å². The summed E-state index contributed by atoms with van der Waals surface area (Å²) >= 11 is 1.16. The van der Waals surface area contributed by atoms with Crippen LogP contribution in [0.1, 0.15) is 10.5 Å². The Morgan fingerprint density at radius 3 is 2.37 bits per heavy atom. The maximum atomic E-state index is 12.5. The van der Waals surface area contributed by atoms with Gasteiger partial charge in [0.1, 0.15) is 22.9 Å². The van der Waals surface area contributed by atoms with E-state index < -0.39 is 12.3 Å². The van der Waals surface area contributed by atoms with Gasteiger partial charge in [0.25, 0.3) is 5.91 Å². The number of rotatable bonds is 7. The molecule has 3 rings (SSSR count). The van der Waals surface area contributed by atoms with Gasteiger partial charge in [0.15, 0.2) is 5.13 Å². The molecule has 7 nitrogen and oxygen atoms in total. The van der Waals surface area contributed by atoms with Crippen molar-refractivity contribution >= 4 is 33.8 Å². The van der Waals surface area contributed by atoms with Crippen molar-refractivity contribution in [3.8, 4) is 17.2 Å². The van der Waals surface area contributed by atoms with Crippen LogP contribution < -0.4 is 24.8 Å². The fourth-order valence-corrected chi connectivity index (χ4v) is 3.11. The van der Waals surface area contributed by atoms with Crippen LogP contribution >= 0.6 is 11.3 Å². The third-order valence-electron chi connectivity index (χ3n) is 3.73. The summed E-state index contributed by atoms with van der Waals surface area (Å²) < 4.78 is 50.8. The van der Waals surface area contributed by atoms with Gasteiger partial charge in [0.05, 0.1) is 19.9 Å². The first-order valence-corrected chi connectivity index (χ1v) is 9.27. The molecule has 0 spiro atoms. The minimum absolute atomic E-state index is 0.157. The first-order chi connectivity index (χ1) is 14.3. The lowest BCUT2D eigenvalue weighted by atomic mass is 10.2. The van der Waals surface area contributed by atoms with Crippen molar-refractivity contribution in [2.75, 3.05) is 24.9 Å². The summed E-state index contributed by atoms with van der Waals surface area (Å²) in [6, 6.07) is 10.1. The zero-order chi connectivity index (χ0) is 21.7. The number of thiazole rings is 1. The van der Waals surface area contributed by atoms with Crippen molar-refractivity contribution in [2.24, 2.45) is 0 Å². The lowest BCUT2D eigenvalue weighted by molar-refractivity contribution is -0.274. The Balaban J connectivity index is 1.67. The number of alkyl halides is 3. The summed E-state index contributed by atoms with van der Waals surface area (Å²) in [5, 5.41) is 7.57. The Kier molecular flexibility index (Phi) is 6.31. The second-order valence-corrected chi connectivity index (χ2v) is 6.61. The minimum Gasteiger partial charge on any atom is -0.497 e. The van der Waals surface area contributed by atoms with Gasteiger partial charge in [0.2, 0.25) is 0 Å². The van der Waals surface area contributed by atoms with Gasteiger partial charge < -0.3 is 24.8 Å². The average molecular weight is 439 g/mol. The summed E-state index contributed by atoms with van der Waals surface area (Å²) in [7, 11) is 2.99. The molecule has 0 saturated heterocycles. The monoisotopic (exact) mass is 439 g/mol. The molecule has 0 atom stereocenters. The number of carbonyl (C=O) groups excluding carboxylic acids is 1. The number of aromatic nitrogens is 1. The van der Waals surface area contributed by atoms with Crippen LogP contribution in [-0.4, -0.2) is 31.5 Å². The first-order valence-electron chi connectivity index (χ1n) is 8.39. The molecular formula is C19H16F3N3O4S. The molecule has 1 aromatic heterocycles. The van der Waals surface area contributed by atoms with Crippen molar-refractivity contribution in [1.29, 1.82) is 0 Å². The maximum Gasteiger partial charge on any atom is 0.573 e. The van der Waals surface area contributed by atoms with E-state index in [1.165, 1.54) is 38.5 Å². The standard InChI is InChI=1S/C19H16F3N3O4S/c1-27-13-7-8-16(28-2)14(9-13)24-17(26)15-10-30-18(25-15)23-11-3-5-12(6-4-11)29-19(20,21)22/h3-10H,1-2H3,(H,23,25)(H,24,26). The van der Waals surface area contributed by atoms with Crippen LogP contribution in [0.25, 0.3) is 0 Å². The highest BCUT2D eigenvalue weighted by molar-refractivity contribution is 7.14. The molecule has 158 valence electrons. The highest BCUT2D eigenvalue weighted by Crippen LogP contribution is 2.30. The smallest absolute Gasteiger partial charge is 0.497 e. The topological polar surface area (TPSA) is 81.7 Å². The Bertz CT molecular complexity index is 1020. The molecule has 2 aromatic carbocycles. The molecule has 0 saturated carbocycles. The Morgan fingerprint density at radius 2 is 1.73 bits per heavy atom. The molecule has 0 unspecified atom stereocenters. The number of nitrogens with one attached hydrogen (secondary N) is 2. The fourth-order valence-electron chi connectivity index (χ4n) is 2.40. The van der Waals surface area contributed by atoms with E-state index in [9.17, 15) is 18.0 Å².